The Bertz CT molecular complexity index is 957. The van der Waals surface area contributed by atoms with Crippen LogP contribution in [-0.4, -0.2) is 17.1 Å². The minimum absolute atomic E-state index is 0.374. The van der Waals surface area contributed by atoms with Gasteiger partial charge in [-0.25, -0.2) is 5.43 Å². The molecule has 2 heterocycles. The second-order valence-corrected chi connectivity index (χ2v) is 6.65. The summed E-state index contributed by atoms with van der Waals surface area (Å²) in [4.78, 5) is 15.9. The van der Waals surface area contributed by atoms with Crippen molar-refractivity contribution in [2.24, 2.45) is 5.10 Å². The van der Waals surface area contributed by atoms with Crippen LogP contribution in [-0.2, 0) is 0 Å². The first-order valence-electron chi connectivity index (χ1n) is 7.02. The first-order valence-corrected chi connectivity index (χ1v) is 8.57. The van der Waals surface area contributed by atoms with Gasteiger partial charge in [0, 0.05) is 22.4 Å². The predicted molar refractivity (Wildman–Crippen MR) is 101 cm³/mol. The van der Waals surface area contributed by atoms with Crippen molar-refractivity contribution >= 4 is 51.3 Å². The number of rotatable bonds is 4. The molecule has 8 heteroatoms. The highest BCUT2D eigenvalue weighted by atomic mass is 79.9. The van der Waals surface area contributed by atoms with E-state index in [-0.39, 0.29) is 5.91 Å². The number of hydrazone groups is 1. The van der Waals surface area contributed by atoms with Crippen molar-refractivity contribution in [2.45, 2.75) is 0 Å². The average molecular weight is 439 g/mol. The van der Waals surface area contributed by atoms with Crippen LogP contribution in [0.3, 0.4) is 0 Å². The van der Waals surface area contributed by atoms with Gasteiger partial charge in [-0.1, -0.05) is 23.2 Å². The Hall–Kier alpha value is -2.15. The predicted octanol–water partition coefficient (Wildman–Crippen LogP) is 5.17. The van der Waals surface area contributed by atoms with Gasteiger partial charge in [0.25, 0.3) is 5.91 Å². The number of aromatic nitrogens is 1. The van der Waals surface area contributed by atoms with E-state index in [1.807, 2.05) is 0 Å². The van der Waals surface area contributed by atoms with Gasteiger partial charge in [-0.05, 0) is 52.3 Å². The van der Waals surface area contributed by atoms with Crippen LogP contribution in [0.25, 0.3) is 11.3 Å². The number of halogens is 3. The molecule has 0 radical (unpaired) electrons. The van der Waals surface area contributed by atoms with Crippen LogP contribution in [0.1, 0.15) is 16.1 Å². The monoisotopic (exact) mass is 437 g/mol. The number of nitrogens with one attached hydrogen (secondary N) is 1. The molecule has 1 N–H and O–H groups in total. The third-order valence-corrected chi connectivity index (χ3v) is 4.33. The largest absolute Gasteiger partial charge is 0.455 e. The Balaban J connectivity index is 1.67. The molecule has 0 unspecified atom stereocenters. The fourth-order valence-electron chi connectivity index (χ4n) is 1.98. The molecule has 0 saturated heterocycles. The summed E-state index contributed by atoms with van der Waals surface area (Å²) in [6, 6.07) is 10.4. The standard InChI is InChI=1S/C17H10BrCl2N3O2/c18-12-5-11(7-21-8-12)17(24)23-22-9-13-2-4-16(25-13)10-1-3-14(19)15(20)6-10/h1-9H,(H,23,24)/b22-9-. The van der Waals surface area contributed by atoms with Crippen molar-refractivity contribution in [1.82, 2.24) is 10.4 Å². The van der Waals surface area contributed by atoms with E-state index in [2.05, 4.69) is 31.4 Å². The molecule has 3 rings (SSSR count). The second-order valence-electron chi connectivity index (χ2n) is 4.92. The lowest BCUT2D eigenvalue weighted by atomic mass is 10.2. The van der Waals surface area contributed by atoms with Crippen molar-refractivity contribution in [3.63, 3.8) is 0 Å². The van der Waals surface area contributed by atoms with Crippen LogP contribution >= 0.6 is 39.1 Å². The Morgan fingerprint density at radius 3 is 2.76 bits per heavy atom. The molecular formula is C17H10BrCl2N3O2. The molecule has 0 aliphatic rings. The van der Waals surface area contributed by atoms with E-state index in [4.69, 9.17) is 27.6 Å². The number of hydrogen-bond acceptors (Lipinski definition) is 4. The number of amides is 1. The molecule has 126 valence electrons. The van der Waals surface area contributed by atoms with Crippen LogP contribution in [0.2, 0.25) is 10.0 Å². The van der Waals surface area contributed by atoms with E-state index < -0.39 is 0 Å². The Kier molecular flexibility index (Phi) is 5.53. The number of carbonyl (C=O) groups excluding carboxylic acids is 1. The van der Waals surface area contributed by atoms with E-state index >= 15 is 0 Å². The van der Waals surface area contributed by atoms with E-state index in [1.165, 1.54) is 12.4 Å². The highest BCUT2D eigenvalue weighted by Gasteiger charge is 2.07. The van der Waals surface area contributed by atoms with Gasteiger partial charge in [0.1, 0.15) is 11.5 Å². The zero-order chi connectivity index (χ0) is 17.8. The van der Waals surface area contributed by atoms with E-state index in [0.29, 0.717) is 31.6 Å². The zero-order valence-electron chi connectivity index (χ0n) is 12.5. The lowest BCUT2D eigenvalue weighted by molar-refractivity contribution is 0.0954. The fourth-order valence-corrected chi connectivity index (χ4v) is 2.64. The summed E-state index contributed by atoms with van der Waals surface area (Å²) in [6.45, 7) is 0. The maximum atomic E-state index is 11.9. The topological polar surface area (TPSA) is 67.5 Å². The van der Waals surface area contributed by atoms with Gasteiger partial charge in [-0.15, -0.1) is 0 Å². The van der Waals surface area contributed by atoms with Crippen LogP contribution < -0.4 is 5.43 Å². The third kappa shape index (κ3) is 4.48. The Labute approximate surface area is 161 Å². The van der Waals surface area contributed by atoms with Crippen molar-refractivity contribution in [2.75, 3.05) is 0 Å². The molecule has 0 spiro atoms. The van der Waals surface area contributed by atoms with Gasteiger partial charge in [0.2, 0.25) is 0 Å². The number of carbonyl (C=O) groups is 1. The molecule has 0 fully saturated rings. The molecular weight excluding hydrogens is 429 g/mol. The fraction of sp³-hybridized carbons (Fsp3) is 0. The summed E-state index contributed by atoms with van der Waals surface area (Å²) in [5, 5.41) is 4.80. The van der Waals surface area contributed by atoms with Crippen molar-refractivity contribution in [3.8, 4) is 11.3 Å². The van der Waals surface area contributed by atoms with Gasteiger partial charge in [0.05, 0.1) is 21.8 Å². The van der Waals surface area contributed by atoms with Gasteiger partial charge in [-0.3, -0.25) is 9.78 Å². The molecule has 0 aliphatic carbocycles. The van der Waals surface area contributed by atoms with Gasteiger partial charge >= 0.3 is 0 Å². The van der Waals surface area contributed by atoms with Crippen molar-refractivity contribution < 1.29 is 9.21 Å². The molecule has 3 aromatic rings. The molecule has 5 nitrogen and oxygen atoms in total. The van der Waals surface area contributed by atoms with Gasteiger partial charge in [0.15, 0.2) is 0 Å². The number of nitrogens with zero attached hydrogens (tertiary/aromatic N) is 2. The van der Waals surface area contributed by atoms with Crippen LogP contribution in [0.5, 0.6) is 0 Å². The molecule has 2 aromatic heterocycles. The lowest BCUT2D eigenvalue weighted by Gasteiger charge is -2.00. The highest BCUT2D eigenvalue weighted by Crippen LogP contribution is 2.29. The molecule has 25 heavy (non-hydrogen) atoms. The third-order valence-electron chi connectivity index (χ3n) is 3.16. The highest BCUT2D eigenvalue weighted by molar-refractivity contribution is 9.10. The summed E-state index contributed by atoms with van der Waals surface area (Å²) in [6.07, 6.45) is 4.45. The quantitative estimate of drug-likeness (QED) is 0.451. The van der Waals surface area contributed by atoms with E-state index in [1.54, 1.807) is 42.6 Å². The van der Waals surface area contributed by atoms with Crippen LogP contribution in [0.15, 0.2) is 62.8 Å². The normalized spacial score (nSPS) is 11.0. The maximum absolute atomic E-state index is 11.9. The number of pyridine rings is 1. The van der Waals surface area contributed by atoms with E-state index in [0.717, 1.165) is 5.56 Å². The maximum Gasteiger partial charge on any atom is 0.272 e. The number of hydrogen-bond donors (Lipinski definition) is 1. The number of furan rings is 1. The molecule has 0 aliphatic heterocycles. The number of benzene rings is 1. The summed E-state index contributed by atoms with van der Waals surface area (Å²) in [7, 11) is 0. The van der Waals surface area contributed by atoms with Crippen LogP contribution in [0.4, 0.5) is 0 Å². The van der Waals surface area contributed by atoms with Gasteiger partial charge < -0.3 is 4.42 Å². The smallest absolute Gasteiger partial charge is 0.272 e. The van der Waals surface area contributed by atoms with Gasteiger partial charge in [-0.2, -0.15) is 5.10 Å². The minimum Gasteiger partial charge on any atom is -0.455 e. The molecule has 1 amide bonds. The van der Waals surface area contributed by atoms with Crippen LogP contribution in [0, 0.1) is 0 Å². The first-order chi connectivity index (χ1) is 12.0. The summed E-state index contributed by atoms with van der Waals surface area (Å²) >= 11 is 15.2. The average Bonchev–Trinajstić information content (AvgIpc) is 3.06. The molecule has 1 aromatic carbocycles. The van der Waals surface area contributed by atoms with Crippen molar-refractivity contribution in [1.29, 1.82) is 0 Å². The lowest BCUT2D eigenvalue weighted by Crippen LogP contribution is -2.17. The Morgan fingerprint density at radius 1 is 1.16 bits per heavy atom. The van der Waals surface area contributed by atoms with E-state index in [9.17, 15) is 4.79 Å². The van der Waals surface area contributed by atoms with Crippen molar-refractivity contribution in [3.05, 3.63) is 74.6 Å². The molecule has 0 saturated carbocycles. The minimum atomic E-state index is -0.374. The molecule has 0 bridgehead atoms. The summed E-state index contributed by atoms with van der Waals surface area (Å²) in [5.41, 5.74) is 3.59. The summed E-state index contributed by atoms with van der Waals surface area (Å²) in [5.74, 6) is 0.720. The summed E-state index contributed by atoms with van der Waals surface area (Å²) < 4.78 is 6.36. The first kappa shape index (κ1) is 17.7. The molecule has 0 atom stereocenters. The second kappa shape index (κ2) is 7.82. The Morgan fingerprint density at radius 2 is 2.00 bits per heavy atom. The SMILES string of the molecule is O=C(N/N=C\c1ccc(-c2ccc(Cl)c(Cl)c2)o1)c1cncc(Br)c1. The zero-order valence-corrected chi connectivity index (χ0v) is 15.6.